The Morgan fingerprint density at radius 3 is 2.18 bits per heavy atom. The molecule has 0 rings (SSSR count). The van der Waals surface area contributed by atoms with Gasteiger partial charge < -0.3 is 20.8 Å². The van der Waals surface area contributed by atoms with Gasteiger partial charge >= 0.3 is 18.0 Å². The molecule has 2 atom stereocenters. The van der Waals surface area contributed by atoms with Crippen LogP contribution in [0.5, 0.6) is 0 Å². The van der Waals surface area contributed by atoms with Gasteiger partial charge in [0.15, 0.2) is 0 Å². The molecule has 2 amide bonds. The lowest BCUT2D eigenvalue weighted by Crippen LogP contribution is -2.48. The molecular formula is C10H18N2O5. The van der Waals surface area contributed by atoms with Gasteiger partial charge in [0.2, 0.25) is 0 Å². The van der Waals surface area contributed by atoms with Crippen molar-refractivity contribution < 1.29 is 24.6 Å². The summed E-state index contributed by atoms with van der Waals surface area (Å²) in [6.45, 7) is 3.66. The van der Waals surface area contributed by atoms with E-state index < -0.39 is 24.0 Å². The van der Waals surface area contributed by atoms with E-state index in [9.17, 15) is 14.4 Å². The zero-order valence-electron chi connectivity index (χ0n) is 9.90. The number of amides is 2. The average molecular weight is 246 g/mol. The van der Waals surface area contributed by atoms with Crippen LogP contribution in [-0.2, 0) is 9.59 Å². The maximum atomic E-state index is 11.3. The second-order valence-electron chi connectivity index (χ2n) is 3.75. The van der Waals surface area contributed by atoms with Crippen LogP contribution < -0.4 is 10.6 Å². The molecule has 0 aromatic carbocycles. The van der Waals surface area contributed by atoms with Crippen LogP contribution in [0.1, 0.15) is 33.1 Å². The number of hydrogen-bond donors (Lipinski definition) is 4. The van der Waals surface area contributed by atoms with E-state index in [1.54, 1.807) is 6.92 Å². The average Bonchev–Trinajstić information content (AvgIpc) is 2.23. The fraction of sp³-hybridized carbons (Fsp3) is 0.700. The van der Waals surface area contributed by atoms with Gasteiger partial charge in [-0.15, -0.1) is 0 Å². The first kappa shape index (κ1) is 15.2. The highest BCUT2D eigenvalue weighted by Gasteiger charge is 2.21. The number of carbonyl (C=O) groups is 3. The second-order valence-corrected chi connectivity index (χ2v) is 3.75. The molecule has 7 nitrogen and oxygen atoms in total. The maximum Gasteiger partial charge on any atom is 0.326 e. The topological polar surface area (TPSA) is 116 Å². The Morgan fingerprint density at radius 2 is 1.76 bits per heavy atom. The Kier molecular flexibility index (Phi) is 6.69. The zero-order valence-corrected chi connectivity index (χ0v) is 9.90. The van der Waals surface area contributed by atoms with Gasteiger partial charge in [0, 0.05) is 12.5 Å². The molecule has 0 aliphatic heterocycles. The van der Waals surface area contributed by atoms with E-state index in [-0.39, 0.29) is 18.9 Å². The van der Waals surface area contributed by atoms with E-state index in [0.29, 0.717) is 0 Å². The molecule has 0 heterocycles. The Balaban J connectivity index is 4.20. The van der Waals surface area contributed by atoms with Crippen molar-refractivity contribution in [2.45, 2.75) is 45.2 Å². The molecule has 17 heavy (non-hydrogen) atoms. The van der Waals surface area contributed by atoms with Crippen LogP contribution in [-0.4, -0.2) is 40.3 Å². The third kappa shape index (κ3) is 7.15. The number of carboxylic acids is 2. The molecule has 0 saturated carbocycles. The van der Waals surface area contributed by atoms with Crippen LogP contribution in [0, 0.1) is 0 Å². The fourth-order valence-corrected chi connectivity index (χ4v) is 1.05. The monoisotopic (exact) mass is 246 g/mol. The molecule has 98 valence electrons. The van der Waals surface area contributed by atoms with Crippen molar-refractivity contribution in [2.24, 2.45) is 0 Å². The highest BCUT2D eigenvalue weighted by molar-refractivity contribution is 5.83. The van der Waals surface area contributed by atoms with Crippen LogP contribution in [0.2, 0.25) is 0 Å². The molecule has 0 fully saturated rings. The molecule has 0 aliphatic carbocycles. The Hall–Kier alpha value is -1.79. The van der Waals surface area contributed by atoms with Gasteiger partial charge in [0.05, 0.1) is 0 Å². The minimum absolute atomic E-state index is 0.0658. The van der Waals surface area contributed by atoms with E-state index >= 15 is 0 Å². The number of urea groups is 1. The highest BCUT2D eigenvalue weighted by atomic mass is 16.4. The lowest BCUT2D eigenvalue weighted by atomic mass is 10.1. The van der Waals surface area contributed by atoms with Crippen molar-refractivity contribution in [1.82, 2.24) is 10.6 Å². The van der Waals surface area contributed by atoms with Gasteiger partial charge in [0.1, 0.15) is 6.04 Å². The summed E-state index contributed by atoms with van der Waals surface area (Å²) >= 11 is 0. The van der Waals surface area contributed by atoms with E-state index in [4.69, 9.17) is 10.2 Å². The SMILES string of the molecule is CCC(C)NC(=O)N[C@@H](CCC(=O)O)C(=O)O. The Morgan fingerprint density at radius 1 is 1.18 bits per heavy atom. The first-order valence-corrected chi connectivity index (χ1v) is 5.38. The van der Waals surface area contributed by atoms with Crippen molar-refractivity contribution >= 4 is 18.0 Å². The standard InChI is InChI=1S/C10H18N2O5/c1-3-6(2)11-10(17)12-7(9(15)16)4-5-8(13)14/h6-7H,3-5H2,1-2H3,(H,13,14)(H,15,16)(H2,11,12,17)/t6?,7-/m0/s1. The number of aliphatic carboxylic acids is 2. The number of nitrogens with one attached hydrogen (secondary N) is 2. The van der Waals surface area contributed by atoms with Gasteiger partial charge in [-0.1, -0.05) is 6.92 Å². The van der Waals surface area contributed by atoms with Crippen LogP contribution in [0.4, 0.5) is 4.79 Å². The van der Waals surface area contributed by atoms with Crippen LogP contribution >= 0.6 is 0 Å². The first-order valence-electron chi connectivity index (χ1n) is 5.38. The summed E-state index contributed by atoms with van der Waals surface area (Å²) in [4.78, 5) is 32.4. The minimum atomic E-state index is -1.24. The molecule has 0 aromatic heterocycles. The molecule has 0 aliphatic rings. The van der Waals surface area contributed by atoms with Gasteiger partial charge in [-0.3, -0.25) is 4.79 Å². The fourth-order valence-electron chi connectivity index (χ4n) is 1.05. The lowest BCUT2D eigenvalue weighted by molar-refractivity contribution is -0.140. The van der Waals surface area contributed by atoms with Crippen LogP contribution in [0.15, 0.2) is 0 Å². The third-order valence-electron chi connectivity index (χ3n) is 2.24. The van der Waals surface area contributed by atoms with E-state index in [2.05, 4.69) is 10.6 Å². The Bertz CT molecular complexity index is 292. The van der Waals surface area contributed by atoms with Crippen molar-refractivity contribution in [3.8, 4) is 0 Å². The zero-order chi connectivity index (χ0) is 13.4. The van der Waals surface area contributed by atoms with Crippen LogP contribution in [0.25, 0.3) is 0 Å². The number of rotatable bonds is 7. The summed E-state index contributed by atoms with van der Waals surface area (Å²) in [5.41, 5.74) is 0. The molecule has 0 radical (unpaired) electrons. The number of carboxylic acid groups (broad SMARTS) is 2. The van der Waals surface area contributed by atoms with Crippen molar-refractivity contribution in [3.63, 3.8) is 0 Å². The molecule has 7 heteroatoms. The largest absolute Gasteiger partial charge is 0.481 e. The van der Waals surface area contributed by atoms with Crippen LogP contribution in [0.3, 0.4) is 0 Å². The molecular weight excluding hydrogens is 228 g/mol. The van der Waals surface area contributed by atoms with Crippen molar-refractivity contribution in [2.75, 3.05) is 0 Å². The van der Waals surface area contributed by atoms with Crippen molar-refractivity contribution in [1.29, 1.82) is 0 Å². The lowest BCUT2D eigenvalue weighted by Gasteiger charge is -2.16. The van der Waals surface area contributed by atoms with Gasteiger partial charge in [-0.25, -0.2) is 9.59 Å². The quantitative estimate of drug-likeness (QED) is 0.519. The van der Waals surface area contributed by atoms with Gasteiger partial charge in [-0.2, -0.15) is 0 Å². The number of carbonyl (C=O) groups excluding carboxylic acids is 1. The van der Waals surface area contributed by atoms with E-state index in [1.165, 1.54) is 0 Å². The second kappa shape index (κ2) is 7.48. The van der Waals surface area contributed by atoms with Gasteiger partial charge in [-0.05, 0) is 19.8 Å². The predicted octanol–water partition coefficient (Wildman–Crippen LogP) is 0.402. The molecule has 4 N–H and O–H groups in total. The summed E-state index contributed by atoms with van der Waals surface area (Å²) in [7, 11) is 0. The summed E-state index contributed by atoms with van der Waals surface area (Å²) in [6, 6.07) is -1.85. The number of hydrogen-bond acceptors (Lipinski definition) is 3. The summed E-state index contributed by atoms with van der Waals surface area (Å²) < 4.78 is 0. The predicted molar refractivity (Wildman–Crippen MR) is 59.7 cm³/mol. The van der Waals surface area contributed by atoms with Crippen molar-refractivity contribution in [3.05, 3.63) is 0 Å². The maximum absolute atomic E-state index is 11.3. The molecule has 0 spiro atoms. The highest BCUT2D eigenvalue weighted by Crippen LogP contribution is 1.98. The summed E-state index contributed by atoms with van der Waals surface area (Å²) in [6.07, 6.45) is 0.277. The Labute approximate surface area is 99.2 Å². The molecule has 0 aromatic rings. The third-order valence-corrected chi connectivity index (χ3v) is 2.24. The summed E-state index contributed by atoms with van der Waals surface area (Å²) in [5.74, 6) is -2.34. The van der Waals surface area contributed by atoms with Gasteiger partial charge in [0.25, 0.3) is 0 Å². The first-order chi connectivity index (χ1) is 7.86. The molecule has 0 bridgehead atoms. The molecule has 0 saturated heterocycles. The summed E-state index contributed by atoms with van der Waals surface area (Å²) in [5, 5.41) is 22.0. The van der Waals surface area contributed by atoms with E-state index in [1.807, 2.05) is 6.92 Å². The smallest absolute Gasteiger partial charge is 0.326 e. The normalized spacial score (nSPS) is 13.5. The minimum Gasteiger partial charge on any atom is -0.481 e. The van der Waals surface area contributed by atoms with E-state index in [0.717, 1.165) is 6.42 Å². The molecule has 1 unspecified atom stereocenters.